The van der Waals surface area contributed by atoms with Crippen molar-refractivity contribution in [1.29, 1.82) is 0 Å². The zero-order valence-electron chi connectivity index (χ0n) is 13.9. The second-order valence-electron chi connectivity index (χ2n) is 4.97. The molecule has 0 spiro atoms. The first-order valence-corrected chi connectivity index (χ1v) is 7.95. The van der Waals surface area contributed by atoms with Crippen LogP contribution < -0.4 is 10.6 Å². The molecule has 0 aliphatic carbocycles. The van der Waals surface area contributed by atoms with Gasteiger partial charge in [-0.3, -0.25) is 4.79 Å². The van der Waals surface area contributed by atoms with Crippen LogP contribution in [-0.2, 0) is 11.3 Å². The summed E-state index contributed by atoms with van der Waals surface area (Å²) in [6.07, 6.45) is 0.919. The first kappa shape index (κ1) is 22.0. The van der Waals surface area contributed by atoms with Crippen molar-refractivity contribution in [3.63, 3.8) is 0 Å². The molecule has 0 radical (unpaired) electrons. The third-order valence-electron chi connectivity index (χ3n) is 3.01. The van der Waals surface area contributed by atoms with Crippen molar-refractivity contribution < 1.29 is 4.79 Å². The number of halogens is 2. The second kappa shape index (κ2) is 12.4. The molecule has 2 N–H and O–H groups in total. The lowest BCUT2D eigenvalue weighted by Crippen LogP contribution is -2.39. The van der Waals surface area contributed by atoms with Gasteiger partial charge in [0.1, 0.15) is 6.54 Å². The van der Waals surface area contributed by atoms with E-state index in [0.29, 0.717) is 19.0 Å². The molecule has 0 bridgehead atoms. The predicted molar refractivity (Wildman–Crippen MR) is 108 cm³/mol. The SMILES string of the molecule is CCCNC(=O)CN=C(NCC)N(C)Cc1ccccc1Cl.I. The van der Waals surface area contributed by atoms with Crippen molar-refractivity contribution in [2.24, 2.45) is 4.99 Å². The van der Waals surface area contributed by atoms with E-state index in [0.717, 1.165) is 23.6 Å². The molecular weight excluding hydrogens is 427 g/mol. The fraction of sp³-hybridized carbons (Fsp3) is 0.500. The second-order valence-corrected chi connectivity index (χ2v) is 5.37. The van der Waals surface area contributed by atoms with Crippen molar-refractivity contribution >= 4 is 47.4 Å². The fourth-order valence-electron chi connectivity index (χ4n) is 1.89. The number of rotatable bonds is 7. The molecule has 0 atom stereocenters. The minimum absolute atomic E-state index is 0. The number of carbonyl (C=O) groups excluding carboxylic acids is 1. The summed E-state index contributed by atoms with van der Waals surface area (Å²) in [5, 5.41) is 6.73. The van der Waals surface area contributed by atoms with Gasteiger partial charge in [-0.1, -0.05) is 36.7 Å². The number of hydrogen-bond donors (Lipinski definition) is 2. The maximum absolute atomic E-state index is 11.7. The van der Waals surface area contributed by atoms with E-state index in [1.165, 1.54) is 0 Å². The van der Waals surface area contributed by atoms with Crippen LogP contribution in [0.5, 0.6) is 0 Å². The lowest BCUT2D eigenvalue weighted by molar-refractivity contribution is -0.119. The third-order valence-corrected chi connectivity index (χ3v) is 3.38. The third kappa shape index (κ3) is 8.41. The van der Waals surface area contributed by atoms with Crippen molar-refractivity contribution in [3.05, 3.63) is 34.9 Å². The van der Waals surface area contributed by atoms with Gasteiger partial charge in [-0.15, -0.1) is 24.0 Å². The largest absolute Gasteiger partial charge is 0.357 e. The Hall–Kier alpha value is -1.02. The van der Waals surface area contributed by atoms with E-state index in [-0.39, 0.29) is 36.4 Å². The molecule has 0 heterocycles. The monoisotopic (exact) mass is 452 g/mol. The molecule has 0 saturated carbocycles. The van der Waals surface area contributed by atoms with E-state index in [1.807, 2.05) is 50.1 Å². The Bertz CT molecular complexity index is 511. The Balaban J connectivity index is 0.00000484. The van der Waals surface area contributed by atoms with Crippen LogP contribution in [0.3, 0.4) is 0 Å². The Morgan fingerprint density at radius 3 is 2.57 bits per heavy atom. The summed E-state index contributed by atoms with van der Waals surface area (Å²) in [6, 6.07) is 7.71. The standard InChI is InChI=1S/C16H25ClN4O.HI/c1-4-10-19-15(22)11-20-16(18-5-2)21(3)12-13-8-6-7-9-14(13)17;/h6-9H,4-5,10-12H2,1-3H3,(H,18,20)(H,19,22);1H. The quantitative estimate of drug-likeness (QED) is 0.380. The van der Waals surface area contributed by atoms with Crippen LogP contribution in [0, 0.1) is 0 Å². The topological polar surface area (TPSA) is 56.7 Å². The lowest BCUT2D eigenvalue weighted by Gasteiger charge is -2.22. The Morgan fingerprint density at radius 2 is 1.96 bits per heavy atom. The first-order valence-electron chi connectivity index (χ1n) is 7.58. The zero-order valence-corrected chi connectivity index (χ0v) is 17.0. The van der Waals surface area contributed by atoms with E-state index in [9.17, 15) is 4.79 Å². The van der Waals surface area contributed by atoms with Gasteiger partial charge in [0, 0.05) is 31.7 Å². The van der Waals surface area contributed by atoms with Gasteiger partial charge < -0.3 is 15.5 Å². The van der Waals surface area contributed by atoms with Crippen molar-refractivity contribution in [2.45, 2.75) is 26.8 Å². The highest BCUT2D eigenvalue weighted by molar-refractivity contribution is 14.0. The molecule has 7 heteroatoms. The number of nitrogens with one attached hydrogen (secondary N) is 2. The normalized spacial score (nSPS) is 10.7. The Kier molecular flexibility index (Phi) is 11.9. The zero-order chi connectivity index (χ0) is 16.4. The van der Waals surface area contributed by atoms with Crippen LogP contribution in [0.2, 0.25) is 5.02 Å². The first-order chi connectivity index (χ1) is 10.6. The minimum atomic E-state index is -0.0663. The molecular formula is C16H26ClIN4O. The van der Waals surface area contributed by atoms with Gasteiger partial charge in [0.2, 0.25) is 5.91 Å². The predicted octanol–water partition coefficient (Wildman–Crippen LogP) is 2.88. The van der Waals surface area contributed by atoms with Gasteiger partial charge in [-0.25, -0.2) is 4.99 Å². The van der Waals surface area contributed by atoms with E-state index < -0.39 is 0 Å². The van der Waals surface area contributed by atoms with Crippen molar-refractivity contribution in [1.82, 2.24) is 15.5 Å². The molecule has 5 nitrogen and oxygen atoms in total. The fourth-order valence-corrected chi connectivity index (χ4v) is 2.09. The summed E-state index contributed by atoms with van der Waals surface area (Å²) in [4.78, 5) is 18.0. The maximum atomic E-state index is 11.7. The number of hydrogen-bond acceptors (Lipinski definition) is 2. The van der Waals surface area contributed by atoms with Crippen LogP contribution in [0.4, 0.5) is 0 Å². The molecule has 23 heavy (non-hydrogen) atoms. The number of amides is 1. The number of benzene rings is 1. The van der Waals surface area contributed by atoms with Crippen LogP contribution >= 0.6 is 35.6 Å². The molecule has 1 rings (SSSR count). The minimum Gasteiger partial charge on any atom is -0.357 e. The van der Waals surface area contributed by atoms with Crippen LogP contribution in [0.1, 0.15) is 25.8 Å². The van der Waals surface area contributed by atoms with Gasteiger partial charge in [-0.05, 0) is 25.0 Å². The maximum Gasteiger partial charge on any atom is 0.241 e. The van der Waals surface area contributed by atoms with Gasteiger partial charge >= 0.3 is 0 Å². The van der Waals surface area contributed by atoms with Gasteiger partial charge in [0.05, 0.1) is 0 Å². The van der Waals surface area contributed by atoms with Gasteiger partial charge in [0.15, 0.2) is 5.96 Å². The summed E-state index contributed by atoms with van der Waals surface area (Å²) in [7, 11) is 1.93. The highest BCUT2D eigenvalue weighted by Crippen LogP contribution is 2.16. The van der Waals surface area contributed by atoms with Crippen molar-refractivity contribution in [2.75, 3.05) is 26.7 Å². The molecule has 0 saturated heterocycles. The molecule has 0 aliphatic heterocycles. The molecule has 0 aromatic heterocycles. The summed E-state index contributed by atoms with van der Waals surface area (Å²) in [6.45, 7) is 6.18. The Morgan fingerprint density at radius 1 is 1.26 bits per heavy atom. The van der Waals surface area contributed by atoms with E-state index >= 15 is 0 Å². The summed E-state index contributed by atoms with van der Waals surface area (Å²) >= 11 is 6.18. The molecule has 130 valence electrons. The molecule has 0 unspecified atom stereocenters. The number of aliphatic imine (C=N–C) groups is 1. The summed E-state index contributed by atoms with van der Waals surface area (Å²) in [5.74, 6) is 0.623. The van der Waals surface area contributed by atoms with Crippen LogP contribution in [0.15, 0.2) is 29.3 Å². The molecule has 1 amide bonds. The number of nitrogens with zero attached hydrogens (tertiary/aromatic N) is 2. The molecule has 1 aromatic rings. The van der Waals surface area contributed by atoms with E-state index in [4.69, 9.17) is 11.6 Å². The number of guanidine groups is 1. The van der Waals surface area contributed by atoms with Crippen LogP contribution in [-0.4, -0.2) is 43.4 Å². The van der Waals surface area contributed by atoms with E-state index in [1.54, 1.807) is 0 Å². The average Bonchev–Trinajstić information content (AvgIpc) is 2.51. The average molecular weight is 453 g/mol. The smallest absolute Gasteiger partial charge is 0.241 e. The van der Waals surface area contributed by atoms with Gasteiger partial charge in [0.25, 0.3) is 0 Å². The van der Waals surface area contributed by atoms with Gasteiger partial charge in [-0.2, -0.15) is 0 Å². The van der Waals surface area contributed by atoms with E-state index in [2.05, 4.69) is 15.6 Å². The summed E-state index contributed by atoms with van der Waals surface area (Å²) < 4.78 is 0. The Labute approximate surface area is 160 Å². The van der Waals surface area contributed by atoms with Crippen molar-refractivity contribution in [3.8, 4) is 0 Å². The molecule has 0 aliphatic rings. The molecule has 0 fully saturated rings. The van der Waals surface area contributed by atoms with Crippen LogP contribution in [0.25, 0.3) is 0 Å². The summed E-state index contributed by atoms with van der Waals surface area (Å²) in [5.41, 5.74) is 1.02. The number of carbonyl (C=O) groups is 1. The highest BCUT2D eigenvalue weighted by Gasteiger charge is 2.09. The lowest BCUT2D eigenvalue weighted by atomic mass is 10.2. The molecule has 1 aromatic carbocycles. The highest BCUT2D eigenvalue weighted by atomic mass is 127.